The Morgan fingerprint density at radius 3 is 2.40 bits per heavy atom. The standard InChI is InChI=1S/C20H27N5O3S.ClH/c1-7-25-13(2)12-14(22-25)19(26)24(11-10-23(3)4)20-21-17-15(27-5)8-9-16(28-6)18(17)29-20;/h8-9,12H,7,10-11H2,1-6H3;1H. The Hall–Kier alpha value is -2.36. The molecule has 2 aromatic heterocycles. The van der Waals surface area contributed by atoms with Crippen LogP contribution in [0.25, 0.3) is 10.2 Å². The van der Waals surface area contributed by atoms with Crippen LogP contribution in [-0.4, -0.2) is 67.0 Å². The Bertz CT molecular complexity index is 976. The van der Waals surface area contributed by atoms with Gasteiger partial charge in [-0.2, -0.15) is 5.10 Å². The number of fused-ring (bicyclic) bond motifs is 1. The zero-order chi connectivity index (χ0) is 21.1. The summed E-state index contributed by atoms with van der Waals surface area (Å²) in [4.78, 5) is 21.8. The van der Waals surface area contributed by atoms with E-state index >= 15 is 0 Å². The zero-order valence-corrected chi connectivity index (χ0v) is 19.8. The number of nitrogens with zero attached hydrogens (tertiary/aromatic N) is 5. The number of rotatable bonds is 8. The summed E-state index contributed by atoms with van der Waals surface area (Å²) in [7, 11) is 7.18. The summed E-state index contributed by atoms with van der Waals surface area (Å²) in [5.41, 5.74) is 2.06. The fourth-order valence-electron chi connectivity index (χ4n) is 3.05. The predicted octanol–water partition coefficient (Wildman–Crippen LogP) is 3.47. The van der Waals surface area contributed by atoms with Crippen molar-refractivity contribution in [2.75, 3.05) is 46.3 Å². The van der Waals surface area contributed by atoms with Gasteiger partial charge in [-0.3, -0.25) is 14.4 Å². The second-order valence-electron chi connectivity index (χ2n) is 6.89. The second kappa shape index (κ2) is 10.1. The van der Waals surface area contributed by atoms with Crippen molar-refractivity contribution in [3.63, 3.8) is 0 Å². The number of thiazole rings is 1. The average Bonchev–Trinajstić information content (AvgIpc) is 3.30. The fourth-order valence-corrected chi connectivity index (χ4v) is 4.15. The van der Waals surface area contributed by atoms with Crippen LogP contribution in [0.1, 0.15) is 23.1 Å². The Morgan fingerprint density at radius 1 is 1.17 bits per heavy atom. The molecule has 1 amide bonds. The third-order valence-corrected chi connectivity index (χ3v) is 5.74. The highest BCUT2D eigenvalue weighted by Crippen LogP contribution is 2.40. The number of benzene rings is 1. The summed E-state index contributed by atoms with van der Waals surface area (Å²) in [5, 5.41) is 5.06. The molecule has 0 aliphatic carbocycles. The lowest BCUT2D eigenvalue weighted by atomic mass is 10.3. The highest BCUT2D eigenvalue weighted by molar-refractivity contribution is 7.22. The molecule has 164 valence electrons. The summed E-state index contributed by atoms with van der Waals surface area (Å²) >= 11 is 1.41. The lowest BCUT2D eigenvalue weighted by molar-refractivity contribution is 0.0979. The van der Waals surface area contributed by atoms with E-state index in [0.717, 1.165) is 10.4 Å². The molecule has 0 aliphatic heterocycles. The lowest BCUT2D eigenvalue weighted by Gasteiger charge is -2.21. The van der Waals surface area contributed by atoms with Crippen molar-refractivity contribution in [2.45, 2.75) is 20.4 Å². The quantitative estimate of drug-likeness (QED) is 0.520. The van der Waals surface area contributed by atoms with Crippen LogP contribution >= 0.6 is 23.7 Å². The monoisotopic (exact) mass is 453 g/mol. The molecule has 30 heavy (non-hydrogen) atoms. The van der Waals surface area contributed by atoms with Crippen LogP contribution in [0.4, 0.5) is 5.13 Å². The van der Waals surface area contributed by atoms with Gasteiger partial charge in [-0.05, 0) is 46.1 Å². The SMILES string of the molecule is CCn1nc(C(=O)N(CCN(C)C)c2nc3c(OC)ccc(OC)c3s2)cc1C.Cl. The minimum Gasteiger partial charge on any atom is -0.495 e. The van der Waals surface area contributed by atoms with E-state index in [1.807, 2.05) is 55.7 Å². The first-order valence-corrected chi connectivity index (χ1v) is 10.2. The van der Waals surface area contributed by atoms with Crippen molar-refractivity contribution in [1.29, 1.82) is 0 Å². The number of aryl methyl sites for hydroxylation is 2. The van der Waals surface area contributed by atoms with E-state index in [2.05, 4.69) is 5.10 Å². The first kappa shape index (κ1) is 23.9. The summed E-state index contributed by atoms with van der Waals surface area (Å²) in [5.74, 6) is 1.18. The van der Waals surface area contributed by atoms with Crippen LogP contribution in [0, 0.1) is 6.92 Å². The number of likely N-dealkylation sites (N-methyl/N-ethyl adjacent to an activating group) is 1. The van der Waals surface area contributed by atoms with Crippen molar-refractivity contribution < 1.29 is 14.3 Å². The molecule has 3 rings (SSSR count). The maximum Gasteiger partial charge on any atom is 0.280 e. The number of methoxy groups -OCH3 is 2. The average molecular weight is 454 g/mol. The van der Waals surface area contributed by atoms with E-state index in [4.69, 9.17) is 14.5 Å². The van der Waals surface area contributed by atoms with Crippen LogP contribution < -0.4 is 14.4 Å². The van der Waals surface area contributed by atoms with E-state index in [1.165, 1.54) is 11.3 Å². The van der Waals surface area contributed by atoms with Gasteiger partial charge in [0.15, 0.2) is 10.8 Å². The normalized spacial score (nSPS) is 10.9. The van der Waals surface area contributed by atoms with E-state index < -0.39 is 0 Å². The molecule has 0 aliphatic rings. The molecule has 2 heterocycles. The van der Waals surface area contributed by atoms with Gasteiger partial charge < -0.3 is 14.4 Å². The highest BCUT2D eigenvalue weighted by atomic mass is 35.5. The summed E-state index contributed by atoms with van der Waals surface area (Å²) in [6.45, 7) is 5.86. The van der Waals surface area contributed by atoms with Crippen molar-refractivity contribution in [3.8, 4) is 11.5 Å². The summed E-state index contributed by atoms with van der Waals surface area (Å²) in [6, 6.07) is 5.49. The van der Waals surface area contributed by atoms with Crippen molar-refractivity contribution >= 4 is 45.0 Å². The summed E-state index contributed by atoms with van der Waals surface area (Å²) < 4.78 is 13.6. The molecule has 0 radical (unpaired) electrons. The smallest absolute Gasteiger partial charge is 0.280 e. The summed E-state index contributed by atoms with van der Waals surface area (Å²) in [6.07, 6.45) is 0. The lowest BCUT2D eigenvalue weighted by Crippen LogP contribution is -2.37. The van der Waals surface area contributed by atoms with Gasteiger partial charge in [0.05, 0.1) is 14.2 Å². The molecular weight excluding hydrogens is 426 g/mol. The van der Waals surface area contributed by atoms with Gasteiger partial charge in [0.25, 0.3) is 5.91 Å². The van der Waals surface area contributed by atoms with E-state index in [1.54, 1.807) is 19.1 Å². The predicted molar refractivity (Wildman–Crippen MR) is 123 cm³/mol. The van der Waals surface area contributed by atoms with Crippen LogP contribution in [0.5, 0.6) is 11.5 Å². The molecule has 0 atom stereocenters. The Kier molecular flexibility index (Phi) is 8.05. The first-order chi connectivity index (χ1) is 13.9. The van der Waals surface area contributed by atoms with Gasteiger partial charge in [0, 0.05) is 25.3 Å². The molecular formula is C20H28ClN5O3S. The third-order valence-electron chi connectivity index (χ3n) is 4.65. The number of hydrogen-bond donors (Lipinski definition) is 0. The van der Waals surface area contributed by atoms with Crippen molar-refractivity contribution in [3.05, 3.63) is 29.6 Å². The molecule has 1 aromatic carbocycles. The van der Waals surface area contributed by atoms with E-state index in [9.17, 15) is 4.79 Å². The topological polar surface area (TPSA) is 72.7 Å². The number of halogens is 1. The van der Waals surface area contributed by atoms with E-state index in [0.29, 0.717) is 47.5 Å². The van der Waals surface area contributed by atoms with Gasteiger partial charge >= 0.3 is 0 Å². The third kappa shape index (κ3) is 4.69. The zero-order valence-electron chi connectivity index (χ0n) is 18.1. The van der Waals surface area contributed by atoms with Crippen LogP contribution in [-0.2, 0) is 6.54 Å². The van der Waals surface area contributed by atoms with Gasteiger partial charge in [-0.25, -0.2) is 4.98 Å². The number of amides is 1. The largest absolute Gasteiger partial charge is 0.495 e. The highest BCUT2D eigenvalue weighted by Gasteiger charge is 2.25. The first-order valence-electron chi connectivity index (χ1n) is 9.42. The molecule has 0 saturated heterocycles. The molecule has 0 spiro atoms. The molecule has 0 fully saturated rings. The molecule has 10 heteroatoms. The number of ether oxygens (including phenoxy) is 2. The molecule has 0 N–H and O–H groups in total. The van der Waals surface area contributed by atoms with Gasteiger partial charge in [0.2, 0.25) is 0 Å². The van der Waals surface area contributed by atoms with Crippen molar-refractivity contribution in [2.24, 2.45) is 0 Å². The van der Waals surface area contributed by atoms with Crippen LogP contribution in [0.15, 0.2) is 18.2 Å². The number of hydrogen-bond acceptors (Lipinski definition) is 7. The Balaban J connectivity index is 0.00000320. The Labute approximate surface area is 186 Å². The maximum absolute atomic E-state index is 13.4. The van der Waals surface area contributed by atoms with Gasteiger partial charge in [-0.1, -0.05) is 11.3 Å². The minimum absolute atomic E-state index is 0. The van der Waals surface area contributed by atoms with Crippen LogP contribution in [0.2, 0.25) is 0 Å². The van der Waals surface area contributed by atoms with Crippen molar-refractivity contribution in [1.82, 2.24) is 19.7 Å². The fraction of sp³-hybridized carbons (Fsp3) is 0.450. The molecule has 0 unspecified atom stereocenters. The Morgan fingerprint density at radius 2 is 1.83 bits per heavy atom. The maximum atomic E-state index is 13.4. The molecule has 3 aromatic rings. The minimum atomic E-state index is -0.167. The van der Waals surface area contributed by atoms with Gasteiger partial charge in [-0.15, -0.1) is 12.4 Å². The van der Waals surface area contributed by atoms with Gasteiger partial charge in [0.1, 0.15) is 21.7 Å². The molecule has 8 nitrogen and oxygen atoms in total. The number of anilines is 1. The van der Waals surface area contributed by atoms with Crippen LogP contribution in [0.3, 0.4) is 0 Å². The molecule has 0 bridgehead atoms. The number of carbonyl (C=O) groups excluding carboxylic acids is 1. The number of aromatic nitrogens is 3. The van der Waals surface area contributed by atoms with E-state index in [-0.39, 0.29) is 18.3 Å². The molecule has 0 saturated carbocycles. The number of carbonyl (C=O) groups is 1. The second-order valence-corrected chi connectivity index (χ2v) is 7.87.